The van der Waals surface area contributed by atoms with Crippen LogP contribution in [0.3, 0.4) is 0 Å². The summed E-state index contributed by atoms with van der Waals surface area (Å²) in [5, 5.41) is 0. The molecule has 0 fully saturated rings. The molecule has 0 aliphatic rings. The summed E-state index contributed by atoms with van der Waals surface area (Å²) in [5.41, 5.74) is -0.419. The van der Waals surface area contributed by atoms with Crippen LogP contribution in [0.25, 0.3) is 0 Å². The lowest BCUT2D eigenvalue weighted by atomic mass is 9.81. The second-order valence-electron chi connectivity index (χ2n) is 4.75. The summed E-state index contributed by atoms with van der Waals surface area (Å²) in [6.07, 6.45) is 0.520. The number of halogens is 1. The zero-order chi connectivity index (χ0) is 12.2. The van der Waals surface area contributed by atoms with Crippen LogP contribution in [-0.4, -0.2) is 25.5 Å². The summed E-state index contributed by atoms with van der Waals surface area (Å²) in [5.74, 6) is -0.00472. The highest BCUT2D eigenvalue weighted by molar-refractivity contribution is 5.23. The first-order valence-corrected chi connectivity index (χ1v) is 5.90. The lowest BCUT2D eigenvalue weighted by Crippen LogP contribution is -2.35. The van der Waals surface area contributed by atoms with Crippen molar-refractivity contribution in [2.75, 3.05) is 20.6 Å². The van der Waals surface area contributed by atoms with Gasteiger partial charge in [0.1, 0.15) is 5.67 Å². The summed E-state index contributed by atoms with van der Waals surface area (Å²) in [7, 11) is 3.97. The molecule has 1 aromatic rings. The van der Waals surface area contributed by atoms with Gasteiger partial charge in [-0.15, -0.1) is 0 Å². The minimum atomic E-state index is -1.22. The summed E-state index contributed by atoms with van der Waals surface area (Å²) in [6.45, 7) is 4.66. The van der Waals surface area contributed by atoms with E-state index in [1.807, 2.05) is 63.2 Å². The number of benzene rings is 1. The van der Waals surface area contributed by atoms with Crippen LogP contribution >= 0.6 is 0 Å². The van der Waals surface area contributed by atoms with E-state index in [-0.39, 0.29) is 5.92 Å². The van der Waals surface area contributed by atoms with Crippen molar-refractivity contribution in [3.05, 3.63) is 35.9 Å². The molecule has 0 aliphatic heterocycles. The van der Waals surface area contributed by atoms with E-state index in [1.54, 1.807) is 0 Å². The van der Waals surface area contributed by atoms with Gasteiger partial charge >= 0.3 is 0 Å². The van der Waals surface area contributed by atoms with Crippen molar-refractivity contribution < 1.29 is 4.39 Å². The molecule has 0 aromatic heterocycles. The molecule has 1 aromatic carbocycles. The molecule has 0 radical (unpaired) electrons. The van der Waals surface area contributed by atoms with Gasteiger partial charge in [0.15, 0.2) is 0 Å². The summed E-state index contributed by atoms with van der Waals surface area (Å²) in [4.78, 5) is 2.04. The van der Waals surface area contributed by atoms with Crippen molar-refractivity contribution in [1.82, 2.24) is 4.90 Å². The van der Waals surface area contributed by atoms with Gasteiger partial charge in [0.2, 0.25) is 0 Å². The highest BCUT2D eigenvalue weighted by atomic mass is 19.1. The monoisotopic (exact) mass is 223 g/mol. The lowest BCUT2D eigenvalue weighted by molar-refractivity contribution is 0.0660. The SMILES string of the molecule is CC[C@@](F)(c1ccccc1)[C@@H](C)CN(C)C. The lowest BCUT2D eigenvalue weighted by Gasteiger charge is -2.32. The Kier molecular flexibility index (Phi) is 4.48. The Hall–Kier alpha value is -0.890. The average molecular weight is 223 g/mol. The second-order valence-corrected chi connectivity index (χ2v) is 4.75. The quantitative estimate of drug-likeness (QED) is 0.739. The van der Waals surface area contributed by atoms with Gasteiger partial charge in [-0.25, -0.2) is 4.39 Å². The number of rotatable bonds is 5. The van der Waals surface area contributed by atoms with Gasteiger partial charge in [0, 0.05) is 12.5 Å². The maximum atomic E-state index is 15.0. The van der Waals surface area contributed by atoms with E-state index in [9.17, 15) is 4.39 Å². The predicted octanol–water partition coefficient (Wildman–Crippen LogP) is 3.46. The molecule has 1 rings (SSSR count). The van der Waals surface area contributed by atoms with Gasteiger partial charge < -0.3 is 4.90 Å². The zero-order valence-corrected chi connectivity index (χ0v) is 10.7. The van der Waals surface area contributed by atoms with Crippen molar-refractivity contribution in [1.29, 1.82) is 0 Å². The molecule has 16 heavy (non-hydrogen) atoms. The van der Waals surface area contributed by atoms with E-state index in [1.165, 1.54) is 0 Å². The van der Waals surface area contributed by atoms with E-state index >= 15 is 0 Å². The molecule has 0 saturated carbocycles. The fourth-order valence-electron chi connectivity index (χ4n) is 2.24. The van der Waals surface area contributed by atoms with E-state index in [0.717, 1.165) is 12.1 Å². The van der Waals surface area contributed by atoms with E-state index in [0.29, 0.717) is 6.42 Å². The Labute approximate surface area is 98.3 Å². The normalized spacial score (nSPS) is 17.1. The van der Waals surface area contributed by atoms with E-state index in [4.69, 9.17) is 0 Å². The zero-order valence-electron chi connectivity index (χ0n) is 10.7. The Balaban J connectivity index is 2.93. The maximum absolute atomic E-state index is 15.0. The van der Waals surface area contributed by atoms with Crippen molar-refractivity contribution in [3.8, 4) is 0 Å². The fraction of sp³-hybridized carbons (Fsp3) is 0.571. The Bertz CT molecular complexity index is 310. The smallest absolute Gasteiger partial charge is 0.139 e. The van der Waals surface area contributed by atoms with E-state index < -0.39 is 5.67 Å². The van der Waals surface area contributed by atoms with Crippen LogP contribution in [0.1, 0.15) is 25.8 Å². The Morgan fingerprint density at radius 3 is 2.25 bits per heavy atom. The van der Waals surface area contributed by atoms with Crippen LogP contribution in [0.4, 0.5) is 4.39 Å². The Morgan fingerprint density at radius 1 is 1.25 bits per heavy atom. The van der Waals surface area contributed by atoms with Crippen LogP contribution in [0.5, 0.6) is 0 Å². The van der Waals surface area contributed by atoms with Crippen LogP contribution in [-0.2, 0) is 5.67 Å². The van der Waals surface area contributed by atoms with E-state index in [2.05, 4.69) is 0 Å². The van der Waals surface area contributed by atoms with Crippen molar-refractivity contribution >= 4 is 0 Å². The first-order chi connectivity index (χ1) is 7.50. The summed E-state index contributed by atoms with van der Waals surface area (Å²) in [6, 6.07) is 9.50. The minimum Gasteiger partial charge on any atom is -0.309 e. The predicted molar refractivity (Wildman–Crippen MR) is 67.2 cm³/mol. The third-order valence-electron chi connectivity index (χ3n) is 3.19. The van der Waals surface area contributed by atoms with Gasteiger partial charge in [0.05, 0.1) is 0 Å². The molecule has 0 unspecified atom stereocenters. The second kappa shape index (κ2) is 5.44. The van der Waals surface area contributed by atoms with Crippen molar-refractivity contribution in [2.45, 2.75) is 25.9 Å². The molecule has 2 atom stereocenters. The van der Waals surface area contributed by atoms with Gasteiger partial charge in [-0.3, -0.25) is 0 Å². The molecule has 0 aliphatic carbocycles. The van der Waals surface area contributed by atoms with Gasteiger partial charge in [-0.2, -0.15) is 0 Å². The Morgan fingerprint density at radius 2 is 1.81 bits per heavy atom. The van der Waals surface area contributed by atoms with Crippen LogP contribution in [0.2, 0.25) is 0 Å². The highest BCUT2D eigenvalue weighted by Gasteiger charge is 2.36. The molecule has 0 saturated heterocycles. The van der Waals surface area contributed by atoms with Crippen LogP contribution in [0.15, 0.2) is 30.3 Å². The molecule has 0 amide bonds. The topological polar surface area (TPSA) is 3.24 Å². The number of hydrogen-bond acceptors (Lipinski definition) is 1. The average Bonchev–Trinajstić information content (AvgIpc) is 2.28. The molecular weight excluding hydrogens is 201 g/mol. The molecule has 0 N–H and O–H groups in total. The highest BCUT2D eigenvalue weighted by Crippen LogP contribution is 2.37. The standard InChI is InChI=1S/C14H22FN/c1-5-14(15,12(2)11-16(3)4)13-9-7-6-8-10-13/h6-10,12H,5,11H2,1-4H3/t12-,14-/m0/s1. The molecule has 1 nitrogen and oxygen atoms in total. The third kappa shape index (κ3) is 2.82. The molecule has 0 bridgehead atoms. The molecular formula is C14H22FN. The largest absolute Gasteiger partial charge is 0.309 e. The summed E-state index contributed by atoms with van der Waals surface area (Å²) < 4.78 is 15.0. The fourth-order valence-corrected chi connectivity index (χ4v) is 2.24. The maximum Gasteiger partial charge on any atom is 0.139 e. The number of alkyl halides is 1. The first-order valence-electron chi connectivity index (χ1n) is 5.90. The molecule has 0 spiro atoms. The third-order valence-corrected chi connectivity index (χ3v) is 3.19. The van der Waals surface area contributed by atoms with Crippen LogP contribution in [0, 0.1) is 5.92 Å². The first kappa shape index (κ1) is 13.2. The minimum absolute atomic E-state index is 0.00472. The molecule has 90 valence electrons. The van der Waals surface area contributed by atoms with Crippen molar-refractivity contribution in [2.24, 2.45) is 5.92 Å². The molecule has 0 heterocycles. The number of hydrogen-bond donors (Lipinski definition) is 0. The molecule has 2 heteroatoms. The summed E-state index contributed by atoms with van der Waals surface area (Å²) >= 11 is 0. The van der Waals surface area contributed by atoms with Crippen LogP contribution < -0.4 is 0 Å². The van der Waals surface area contributed by atoms with Gasteiger partial charge in [0.25, 0.3) is 0 Å². The number of nitrogens with zero attached hydrogens (tertiary/aromatic N) is 1. The van der Waals surface area contributed by atoms with Crippen molar-refractivity contribution in [3.63, 3.8) is 0 Å². The van der Waals surface area contributed by atoms with Gasteiger partial charge in [-0.05, 0) is 26.1 Å². The van der Waals surface area contributed by atoms with Gasteiger partial charge in [-0.1, -0.05) is 44.2 Å².